The highest BCUT2D eigenvalue weighted by atomic mass is 16.5. The van der Waals surface area contributed by atoms with Crippen molar-refractivity contribution in [1.82, 2.24) is 5.32 Å². The van der Waals surface area contributed by atoms with E-state index in [-0.39, 0.29) is 25.2 Å². The Morgan fingerprint density at radius 1 is 1.04 bits per heavy atom. The molecule has 1 unspecified atom stereocenters. The van der Waals surface area contributed by atoms with Crippen LogP contribution in [-0.2, 0) is 11.4 Å². The molecular formula is C21H21NO3. The Labute approximate surface area is 147 Å². The Balaban J connectivity index is 1.59. The van der Waals surface area contributed by atoms with E-state index in [1.54, 1.807) is 24.3 Å². The van der Waals surface area contributed by atoms with Crippen molar-refractivity contribution < 1.29 is 14.6 Å². The molecule has 0 bridgehead atoms. The molecular weight excluding hydrogens is 314 g/mol. The summed E-state index contributed by atoms with van der Waals surface area (Å²) >= 11 is 0. The molecule has 0 aromatic heterocycles. The first-order valence-corrected chi connectivity index (χ1v) is 8.26. The molecule has 1 amide bonds. The van der Waals surface area contributed by atoms with Crippen molar-refractivity contribution in [3.8, 4) is 5.75 Å². The molecule has 4 heteroatoms. The Bertz CT molecular complexity index is 876. The van der Waals surface area contributed by atoms with Crippen molar-refractivity contribution in [3.05, 3.63) is 77.9 Å². The lowest BCUT2D eigenvalue weighted by atomic mass is 10.0. The fourth-order valence-electron chi connectivity index (χ4n) is 2.73. The van der Waals surface area contributed by atoms with Gasteiger partial charge in [-0.15, -0.1) is 0 Å². The standard InChI is InChI=1S/C21H21NO3/c1-15(18-10-9-17-6-2-3-7-19(17)12-18)22-21(24)14-25-20-8-4-5-16(11-20)13-23/h2-12,15,23H,13-14H2,1H3,(H,22,24). The van der Waals surface area contributed by atoms with Gasteiger partial charge in [-0.3, -0.25) is 4.79 Å². The van der Waals surface area contributed by atoms with Crippen LogP contribution in [0.15, 0.2) is 66.7 Å². The van der Waals surface area contributed by atoms with Gasteiger partial charge in [-0.1, -0.05) is 48.5 Å². The summed E-state index contributed by atoms with van der Waals surface area (Å²) in [4.78, 5) is 12.1. The third-order valence-electron chi connectivity index (χ3n) is 4.10. The topological polar surface area (TPSA) is 58.6 Å². The number of amides is 1. The highest BCUT2D eigenvalue weighted by Gasteiger charge is 2.11. The first-order chi connectivity index (χ1) is 12.2. The Hall–Kier alpha value is -2.85. The first-order valence-electron chi connectivity index (χ1n) is 8.26. The van der Waals surface area contributed by atoms with Gasteiger partial charge in [-0.25, -0.2) is 0 Å². The molecule has 2 N–H and O–H groups in total. The lowest BCUT2D eigenvalue weighted by molar-refractivity contribution is -0.123. The molecule has 0 fully saturated rings. The van der Waals surface area contributed by atoms with Crippen LogP contribution >= 0.6 is 0 Å². The molecule has 3 rings (SSSR count). The quantitative estimate of drug-likeness (QED) is 0.724. The van der Waals surface area contributed by atoms with Crippen molar-refractivity contribution >= 4 is 16.7 Å². The molecule has 1 atom stereocenters. The number of hydrogen-bond acceptors (Lipinski definition) is 3. The van der Waals surface area contributed by atoms with E-state index in [9.17, 15) is 4.79 Å². The van der Waals surface area contributed by atoms with Gasteiger partial charge in [0.2, 0.25) is 0 Å². The van der Waals surface area contributed by atoms with Crippen LogP contribution in [-0.4, -0.2) is 17.6 Å². The number of aliphatic hydroxyl groups is 1. The molecule has 0 aliphatic rings. The number of carbonyl (C=O) groups is 1. The number of ether oxygens (including phenoxy) is 1. The van der Waals surface area contributed by atoms with E-state index in [2.05, 4.69) is 29.6 Å². The monoisotopic (exact) mass is 335 g/mol. The summed E-state index contributed by atoms with van der Waals surface area (Å²) in [5.41, 5.74) is 1.80. The van der Waals surface area contributed by atoms with Crippen LogP contribution in [0.5, 0.6) is 5.75 Å². The molecule has 3 aromatic rings. The van der Waals surface area contributed by atoms with E-state index in [1.807, 2.05) is 25.1 Å². The van der Waals surface area contributed by atoms with E-state index >= 15 is 0 Å². The molecule has 0 aliphatic heterocycles. The van der Waals surface area contributed by atoms with Crippen LogP contribution in [0.25, 0.3) is 10.8 Å². The summed E-state index contributed by atoms with van der Waals surface area (Å²) in [7, 11) is 0. The maximum absolute atomic E-state index is 12.1. The van der Waals surface area contributed by atoms with Crippen LogP contribution < -0.4 is 10.1 Å². The van der Waals surface area contributed by atoms with E-state index in [4.69, 9.17) is 9.84 Å². The summed E-state index contributed by atoms with van der Waals surface area (Å²) in [5.74, 6) is 0.384. The van der Waals surface area contributed by atoms with Crippen molar-refractivity contribution in [1.29, 1.82) is 0 Å². The predicted molar refractivity (Wildman–Crippen MR) is 98.4 cm³/mol. The zero-order chi connectivity index (χ0) is 17.6. The molecule has 0 saturated carbocycles. The van der Waals surface area contributed by atoms with Gasteiger partial charge >= 0.3 is 0 Å². The van der Waals surface area contributed by atoms with Crippen LogP contribution in [0.3, 0.4) is 0 Å². The molecule has 25 heavy (non-hydrogen) atoms. The van der Waals surface area contributed by atoms with Gasteiger partial charge in [-0.05, 0) is 47.0 Å². The summed E-state index contributed by atoms with van der Waals surface area (Å²) in [5, 5.41) is 14.4. The second-order valence-electron chi connectivity index (χ2n) is 5.99. The van der Waals surface area contributed by atoms with Gasteiger partial charge in [0.1, 0.15) is 5.75 Å². The summed E-state index contributed by atoms with van der Waals surface area (Å²) in [6.07, 6.45) is 0. The fraction of sp³-hybridized carbons (Fsp3) is 0.190. The SMILES string of the molecule is CC(NC(=O)COc1cccc(CO)c1)c1ccc2ccccc2c1. The highest BCUT2D eigenvalue weighted by Crippen LogP contribution is 2.20. The van der Waals surface area contributed by atoms with Gasteiger partial charge in [0.05, 0.1) is 12.6 Å². The number of fused-ring (bicyclic) bond motifs is 1. The zero-order valence-corrected chi connectivity index (χ0v) is 14.1. The lowest BCUT2D eigenvalue weighted by Gasteiger charge is -2.15. The average Bonchev–Trinajstić information content (AvgIpc) is 2.66. The third kappa shape index (κ3) is 4.37. The number of aliphatic hydroxyl groups excluding tert-OH is 1. The molecule has 0 saturated heterocycles. The normalized spacial score (nSPS) is 11.9. The maximum atomic E-state index is 12.1. The van der Waals surface area contributed by atoms with Crippen LogP contribution in [0, 0.1) is 0 Å². The fourth-order valence-corrected chi connectivity index (χ4v) is 2.73. The van der Waals surface area contributed by atoms with E-state index in [0.29, 0.717) is 5.75 Å². The zero-order valence-electron chi connectivity index (χ0n) is 14.1. The van der Waals surface area contributed by atoms with Crippen LogP contribution in [0.1, 0.15) is 24.1 Å². The molecule has 3 aromatic carbocycles. The van der Waals surface area contributed by atoms with Gasteiger partial charge in [0.25, 0.3) is 5.91 Å². The number of carbonyl (C=O) groups excluding carboxylic acids is 1. The Morgan fingerprint density at radius 3 is 2.64 bits per heavy atom. The minimum Gasteiger partial charge on any atom is -0.484 e. The molecule has 128 valence electrons. The molecule has 0 aliphatic carbocycles. The van der Waals surface area contributed by atoms with Crippen molar-refractivity contribution in [3.63, 3.8) is 0 Å². The van der Waals surface area contributed by atoms with E-state index in [1.165, 1.54) is 5.39 Å². The largest absolute Gasteiger partial charge is 0.484 e. The van der Waals surface area contributed by atoms with Crippen molar-refractivity contribution in [2.45, 2.75) is 19.6 Å². The molecule has 0 heterocycles. The maximum Gasteiger partial charge on any atom is 0.258 e. The average molecular weight is 335 g/mol. The molecule has 4 nitrogen and oxygen atoms in total. The van der Waals surface area contributed by atoms with Crippen molar-refractivity contribution in [2.24, 2.45) is 0 Å². The number of nitrogens with one attached hydrogen (secondary N) is 1. The highest BCUT2D eigenvalue weighted by molar-refractivity contribution is 5.83. The predicted octanol–water partition coefficient (Wildman–Crippen LogP) is 3.59. The van der Waals surface area contributed by atoms with Gasteiger partial charge in [0, 0.05) is 0 Å². The second kappa shape index (κ2) is 7.81. The van der Waals surface area contributed by atoms with E-state index < -0.39 is 0 Å². The number of rotatable bonds is 6. The van der Waals surface area contributed by atoms with Gasteiger partial charge in [-0.2, -0.15) is 0 Å². The Kier molecular flexibility index (Phi) is 5.31. The van der Waals surface area contributed by atoms with Crippen molar-refractivity contribution in [2.75, 3.05) is 6.61 Å². The van der Waals surface area contributed by atoms with E-state index in [0.717, 1.165) is 16.5 Å². The van der Waals surface area contributed by atoms with Gasteiger partial charge < -0.3 is 15.2 Å². The summed E-state index contributed by atoms with van der Waals surface area (Å²) in [6, 6.07) is 21.3. The minimum atomic E-state index is -0.185. The van der Waals surface area contributed by atoms with Crippen LogP contribution in [0.4, 0.5) is 0 Å². The first kappa shape index (κ1) is 17.0. The number of hydrogen-bond donors (Lipinski definition) is 2. The van der Waals surface area contributed by atoms with Crippen LogP contribution in [0.2, 0.25) is 0 Å². The summed E-state index contributed by atoms with van der Waals surface area (Å²) in [6.45, 7) is 1.84. The van der Waals surface area contributed by atoms with Gasteiger partial charge in [0.15, 0.2) is 6.61 Å². The number of benzene rings is 3. The second-order valence-corrected chi connectivity index (χ2v) is 5.99. The Morgan fingerprint density at radius 2 is 1.84 bits per heavy atom. The smallest absolute Gasteiger partial charge is 0.258 e. The lowest BCUT2D eigenvalue weighted by Crippen LogP contribution is -2.31. The third-order valence-corrected chi connectivity index (χ3v) is 4.10. The molecule has 0 radical (unpaired) electrons. The minimum absolute atomic E-state index is 0.0532. The summed E-state index contributed by atoms with van der Waals surface area (Å²) < 4.78 is 5.49. The molecule has 0 spiro atoms.